The van der Waals surface area contributed by atoms with Crippen LogP contribution in [0.3, 0.4) is 0 Å². The summed E-state index contributed by atoms with van der Waals surface area (Å²) in [5.41, 5.74) is 3.22. The largest absolute Gasteiger partial charge is 0.469 e. The topological polar surface area (TPSA) is 49.8 Å². The lowest BCUT2D eigenvalue weighted by Crippen LogP contribution is -2.12. The van der Waals surface area contributed by atoms with Gasteiger partial charge in [-0.3, -0.25) is 4.79 Å². The second-order valence-corrected chi connectivity index (χ2v) is 4.36. The predicted molar refractivity (Wildman–Crippen MR) is 65.0 cm³/mol. The smallest absolute Gasteiger partial charge is 0.308 e. The highest BCUT2D eigenvalue weighted by Crippen LogP contribution is 2.30. The number of methoxy groups -OCH3 is 1. The van der Waals surface area contributed by atoms with E-state index in [0.29, 0.717) is 0 Å². The summed E-state index contributed by atoms with van der Waals surface area (Å²) in [6.45, 7) is 1.01. The lowest BCUT2D eigenvalue weighted by atomic mass is 10.0. The van der Waals surface area contributed by atoms with Gasteiger partial charge >= 0.3 is 5.97 Å². The van der Waals surface area contributed by atoms with Crippen LogP contribution >= 0.6 is 0 Å². The van der Waals surface area contributed by atoms with Crippen molar-refractivity contribution in [2.45, 2.75) is 18.9 Å². The van der Waals surface area contributed by atoms with E-state index in [4.69, 9.17) is 0 Å². The van der Waals surface area contributed by atoms with E-state index < -0.39 is 12.1 Å². The second kappa shape index (κ2) is 4.75. The fourth-order valence-electron chi connectivity index (χ4n) is 2.15. The first-order valence-corrected chi connectivity index (χ1v) is 5.70. The van der Waals surface area contributed by atoms with Gasteiger partial charge in [0.15, 0.2) is 0 Å². The standard InChI is InChI=1S/C13H17NO3/c1-14-6-5-9-7-10(3-4-11(9)14)12(15)8-13(16)17-2/h3-4,7,12,15H,5-6,8H2,1-2H3/t12-/m1/s1. The molecule has 1 atom stereocenters. The van der Waals surface area contributed by atoms with Gasteiger partial charge in [0.2, 0.25) is 0 Å². The van der Waals surface area contributed by atoms with Crippen molar-refractivity contribution in [1.82, 2.24) is 0 Å². The van der Waals surface area contributed by atoms with Crippen LogP contribution in [0.25, 0.3) is 0 Å². The van der Waals surface area contributed by atoms with Gasteiger partial charge in [-0.05, 0) is 23.6 Å². The highest BCUT2D eigenvalue weighted by Gasteiger charge is 2.19. The summed E-state index contributed by atoms with van der Waals surface area (Å²) in [7, 11) is 3.38. The molecular formula is C13H17NO3. The summed E-state index contributed by atoms with van der Waals surface area (Å²) < 4.78 is 4.54. The molecule has 4 heteroatoms. The van der Waals surface area contributed by atoms with E-state index in [9.17, 15) is 9.90 Å². The van der Waals surface area contributed by atoms with Crippen molar-refractivity contribution in [3.05, 3.63) is 29.3 Å². The third-order valence-corrected chi connectivity index (χ3v) is 3.20. The number of esters is 1. The number of fused-ring (bicyclic) bond motifs is 1. The number of aliphatic hydroxyl groups is 1. The van der Waals surface area contributed by atoms with Crippen molar-refractivity contribution >= 4 is 11.7 Å². The molecule has 1 aliphatic heterocycles. The first kappa shape index (κ1) is 11.9. The number of ether oxygens (including phenoxy) is 1. The molecule has 0 saturated carbocycles. The molecule has 92 valence electrons. The highest BCUT2D eigenvalue weighted by molar-refractivity contribution is 5.70. The number of benzene rings is 1. The monoisotopic (exact) mass is 235 g/mol. The number of likely N-dealkylation sites (N-methyl/N-ethyl adjacent to an activating group) is 1. The Morgan fingerprint density at radius 2 is 2.35 bits per heavy atom. The summed E-state index contributed by atoms with van der Waals surface area (Å²) >= 11 is 0. The zero-order chi connectivity index (χ0) is 12.4. The number of rotatable bonds is 3. The molecule has 1 aromatic rings. The van der Waals surface area contributed by atoms with E-state index in [1.54, 1.807) is 0 Å². The molecule has 0 radical (unpaired) electrons. The Labute approximate surface area is 101 Å². The van der Waals surface area contributed by atoms with E-state index in [1.807, 2.05) is 18.2 Å². The van der Waals surface area contributed by atoms with E-state index in [-0.39, 0.29) is 6.42 Å². The number of hydrogen-bond donors (Lipinski definition) is 1. The molecule has 0 fully saturated rings. The van der Waals surface area contributed by atoms with Gasteiger partial charge in [-0.2, -0.15) is 0 Å². The molecule has 1 aromatic carbocycles. The molecule has 0 unspecified atom stereocenters. The van der Waals surface area contributed by atoms with Gasteiger partial charge in [0.05, 0.1) is 19.6 Å². The number of anilines is 1. The maximum absolute atomic E-state index is 11.1. The number of aliphatic hydroxyl groups excluding tert-OH is 1. The molecule has 0 saturated heterocycles. The number of hydrogen-bond acceptors (Lipinski definition) is 4. The van der Waals surface area contributed by atoms with Crippen LogP contribution in [-0.4, -0.2) is 31.8 Å². The Hall–Kier alpha value is -1.55. The Morgan fingerprint density at radius 3 is 3.06 bits per heavy atom. The van der Waals surface area contributed by atoms with Crippen molar-refractivity contribution in [1.29, 1.82) is 0 Å². The van der Waals surface area contributed by atoms with Crippen LogP contribution in [0.1, 0.15) is 23.7 Å². The minimum atomic E-state index is -0.779. The van der Waals surface area contributed by atoms with Crippen LogP contribution in [-0.2, 0) is 16.0 Å². The third-order valence-electron chi connectivity index (χ3n) is 3.20. The van der Waals surface area contributed by atoms with Crippen LogP contribution in [0.5, 0.6) is 0 Å². The Morgan fingerprint density at radius 1 is 1.59 bits per heavy atom. The summed E-state index contributed by atoms with van der Waals surface area (Å²) in [4.78, 5) is 13.3. The quantitative estimate of drug-likeness (QED) is 0.802. The minimum Gasteiger partial charge on any atom is -0.469 e. The normalized spacial score (nSPS) is 15.6. The van der Waals surface area contributed by atoms with Crippen molar-refractivity contribution in [3.8, 4) is 0 Å². The van der Waals surface area contributed by atoms with Gasteiger partial charge in [-0.25, -0.2) is 0 Å². The summed E-state index contributed by atoms with van der Waals surface area (Å²) in [5, 5.41) is 9.90. The molecule has 0 amide bonds. The predicted octanol–water partition coefficient (Wildman–Crippen LogP) is 1.28. The van der Waals surface area contributed by atoms with Gasteiger partial charge in [0.1, 0.15) is 0 Å². The fraction of sp³-hybridized carbons (Fsp3) is 0.462. The van der Waals surface area contributed by atoms with E-state index in [2.05, 4.69) is 16.7 Å². The lowest BCUT2D eigenvalue weighted by Gasteiger charge is -2.14. The molecule has 1 aliphatic rings. The SMILES string of the molecule is COC(=O)C[C@@H](O)c1ccc2c(c1)CCN2C. The third kappa shape index (κ3) is 2.42. The van der Waals surface area contributed by atoms with Crippen molar-refractivity contribution in [2.24, 2.45) is 0 Å². The van der Waals surface area contributed by atoms with Gasteiger partial charge < -0.3 is 14.7 Å². The Bertz CT molecular complexity index is 431. The molecule has 1 N–H and O–H groups in total. The molecule has 0 bridgehead atoms. The average Bonchev–Trinajstić information content (AvgIpc) is 2.70. The highest BCUT2D eigenvalue weighted by atomic mass is 16.5. The van der Waals surface area contributed by atoms with Gasteiger partial charge in [-0.15, -0.1) is 0 Å². The minimum absolute atomic E-state index is 0.00509. The molecule has 1 heterocycles. The van der Waals surface area contributed by atoms with Crippen LogP contribution < -0.4 is 4.90 Å². The average molecular weight is 235 g/mol. The Balaban J connectivity index is 2.15. The summed E-state index contributed by atoms with van der Waals surface area (Å²) in [6.07, 6.45) is 0.217. The van der Waals surface area contributed by atoms with E-state index >= 15 is 0 Å². The first-order chi connectivity index (χ1) is 8.11. The molecule has 4 nitrogen and oxygen atoms in total. The number of carbonyl (C=O) groups excluding carboxylic acids is 1. The molecule has 2 rings (SSSR count). The van der Waals surface area contributed by atoms with Gasteiger partial charge in [-0.1, -0.05) is 12.1 Å². The number of carbonyl (C=O) groups is 1. The molecular weight excluding hydrogens is 218 g/mol. The van der Waals surface area contributed by atoms with Gasteiger partial charge in [0, 0.05) is 19.3 Å². The lowest BCUT2D eigenvalue weighted by molar-refractivity contribution is -0.142. The zero-order valence-electron chi connectivity index (χ0n) is 10.1. The number of nitrogens with zero attached hydrogens (tertiary/aromatic N) is 1. The summed E-state index contributed by atoms with van der Waals surface area (Å²) in [6, 6.07) is 5.85. The second-order valence-electron chi connectivity index (χ2n) is 4.36. The molecule has 0 aromatic heterocycles. The molecule has 17 heavy (non-hydrogen) atoms. The van der Waals surface area contributed by atoms with E-state index in [0.717, 1.165) is 18.5 Å². The Kier molecular flexibility index (Phi) is 3.33. The van der Waals surface area contributed by atoms with Crippen LogP contribution in [0.15, 0.2) is 18.2 Å². The van der Waals surface area contributed by atoms with Crippen molar-refractivity contribution < 1.29 is 14.6 Å². The van der Waals surface area contributed by atoms with E-state index in [1.165, 1.54) is 18.4 Å². The van der Waals surface area contributed by atoms with Gasteiger partial charge in [0.25, 0.3) is 0 Å². The molecule has 0 aliphatic carbocycles. The maximum atomic E-state index is 11.1. The van der Waals surface area contributed by atoms with Crippen LogP contribution in [0, 0.1) is 0 Å². The summed E-state index contributed by atoms with van der Waals surface area (Å²) in [5.74, 6) is -0.393. The van der Waals surface area contributed by atoms with Crippen LogP contribution in [0.4, 0.5) is 5.69 Å². The zero-order valence-corrected chi connectivity index (χ0v) is 10.1. The molecule has 0 spiro atoms. The van der Waals surface area contributed by atoms with Crippen LogP contribution in [0.2, 0.25) is 0 Å². The van der Waals surface area contributed by atoms with Crippen molar-refractivity contribution in [3.63, 3.8) is 0 Å². The maximum Gasteiger partial charge on any atom is 0.308 e. The fourth-order valence-corrected chi connectivity index (χ4v) is 2.15. The van der Waals surface area contributed by atoms with Crippen molar-refractivity contribution in [2.75, 3.05) is 25.6 Å². The first-order valence-electron chi connectivity index (χ1n) is 5.70.